The van der Waals surface area contributed by atoms with Crippen molar-refractivity contribution >= 4 is 33.4 Å². The van der Waals surface area contributed by atoms with Crippen LogP contribution in [0.4, 0.5) is 0 Å². The molecule has 1 fully saturated rings. The molecule has 10 nitrogen and oxygen atoms in total. The lowest BCUT2D eigenvalue weighted by Gasteiger charge is -2.46. The molecule has 2 aromatic carbocycles. The monoisotopic (exact) mass is 500 g/mol. The van der Waals surface area contributed by atoms with Crippen LogP contribution in [-0.4, -0.2) is 65.8 Å². The predicted octanol–water partition coefficient (Wildman–Crippen LogP) is 1.39. The van der Waals surface area contributed by atoms with Crippen LogP contribution in [0.5, 0.6) is 5.75 Å². The van der Waals surface area contributed by atoms with Crippen molar-refractivity contribution < 1.29 is 37.4 Å². The summed E-state index contributed by atoms with van der Waals surface area (Å²) in [6.07, 6.45) is 0. The van der Waals surface area contributed by atoms with E-state index in [0.717, 1.165) is 0 Å². The second kappa shape index (κ2) is 10.5. The van der Waals surface area contributed by atoms with E-state index in [9.17, 15) is 32.7 Å². The zero-order valence-corrected chi connectivity index (χ0v) is 19.8. The second-order valence-electron chi connectivity index (χ2n) is 8.00. The van der Waals surface area contributed by atoms with Crippen molar-refractivity contribution in [1.29, 1.82) is 0 Å². The number of likely N-dealkylation sites (tertiary alicyclic amines) is 1. The van der Waals surface area contributed by atoms with E-state index in [2.05, 4.69) is 5.32 Å². The van der Waals surface area contributed by atoms with Crippen LogP contribution < -0.4 is 10.1 Å². The number of ketones is 1. The number of hydrogen-bond donors (Lipinski definition) is 2. The molecule has 2 amide bonds. The standard InChI is InChI=1S/C24H24N2O8S/c1-15(2)21(24(30)31)26-22(29)20(25-19(28)13-34-17-11-7-4-8-12-17)23(26)35(32,33)14-18(27)16-9-5-3-6-10-16/h3-12,20,23H,13-14H2,1-2H3,(H,25,28)(H,30,31). The number of amides is 2. The van der Waals surface area contributed by atoms with E-state index in [1.165, 1.54) is 26.0 Å². The number of allylic oxidation sites excluding steroid dienone is 1. The summed E-state index contributed by atoms with van der Waals surface area (Å²) in [6.45, 7) is 2.32. The number of carboxylic acid groups (broad SMARTS) is 1. The van der Waals surface area contributed by atoms with Gasteiger partial charge in [-0.3, -0.25) is 19.3 Å². The zero-order chi connectivity index (χ0) is 25.8. The second-order valence-corrected chi connectivity index (χ2v) is 10.1. The summed E-state index contributed by atoms with van der Waals surface area (Å²) in [6, 6.07) is 14.5. The van der Waals surface area contributed by atoms with Gasteiger partial charge in [0.15, 0.2) is 27.6 Å². The van der Waals surface area contributed by atoms with Gasteiger partial charge in [-0.05, 0) is 31.6 Å². The summed E-state index contributed by atoms with van der Waals surface area (Å²) in [5.41, 5.74) is -0.204. The summed E-state index contributed by atoms with van der Waals surface area (Å²) in [5, 5.41) is 10.1. The van der Waals surface area contributed by atoms with Gasteiger partial charge < -0.3 is 15.2 Å². The quantitative estimate of drug-likeness (QED) is 0.283. The molecule has 0 aromatic heterocycles. The number of hydrogen-bond acceptors (Lipinski definition) is 7. The fourth-order valence-corrected chi connectivity index (χ4v) is 5.45. The lowest BCUT2D eigenvalue weighted by molar-refractivity contribution is -0.151. The molecule has 2 N–H and O–H groups in total. The van der Waals surface area contributed by atoms with Crippen LogP contribution in [0.1, 0.15) is 24.2 Å². The smallest absolute Gasteiger partial charge is 0.352 e. The van der Waals surface area contributed by atoms with E-state index in [4.69, 9.17) is 4.74 Å². The van der Waals surface area contributed by atoms with Crippen LogP contribution in [0.25, 0.3) is 0 Å². The lowest BCUT2D eigenvalue weighted by atomic mass is 10.0. The van der Waals surface area contributed by atoms with Gasteiger partial charge in [0.2, 0.25) is 0 Å². The molecule has 2 unspecified atom stereocenters. The van der Waals surface area contributed by atoms with Gasteiger partial charge in [-0.1, -0.05) is 48.5 Å². The van der Waals surface area contributed by atoms with Crippen molar-refractivity contribution in [3.63, 3.8) is 0 Å². The van der Waals surface area contributed by atoms with Crippen LogP contribution in [-0.2, 0) is 24.2 Å². The molecule has 2 atom stereocenters. The van der Waals surface area contributed by atoms with Crippen LogP contribution >= 0.6 is 0 Å². The number of para-hydroxylation sites is 1. The van der Waals surface area contributed by atoms with Gasteiger partial charge in [-0.2, -0.15) is 0 Å². The molecule has 0 radical (unpaired) electrons. The largest absolute Gasteiger partial charge is 0.484 e. The Morgan fingerprint density at radius 3 is 2.11 bits per heavy atom. The third-order valence-corrected chi connectivity index (χ3v) is 7.07. The SMILES string of the molecule is CC(C)=C(C(=O)O)N1C(=O)C(NC(=O)COc2ccccc2)C1S(=O)(=O)CC(=O)c1ccccc1. The number of aliphatic carboxylic acids is 1. The molecule has 184 valence electrons. The fraction of sp³-hybridized carbons (Fsp3) is 0.250. The van der Waals surface area contributed by atoms with Crippen LogP contribution in [0.15, 0.2) is 71.9 Å². The zero-order valence-electron chi connectivity index (χ0n) is 19.0. The molecule has 0 spiro atoms. The van der Waals surface area contributed by atoms with E-state index in [0.29, 0.717) is 10.6 Å². The molecule has 1 heterocycles. The Balaban J connectivity index is 1.85. The van der Waals surface area contributed by atoms with Gasteiger partial charge in [0.25, 0.3) is 11.8 Å². The molecule has 0 bridgehead atoms. The summed E-state index contributed by atoms with van der Waals surface area (Å²) in [4.78, 5) is 50.3. The molecule has 1 aliphatic rings. The maximum absolute atomic E-state index is 13.3. The highest BCUT2D eigenvalue weighted by atomic mass is 32.2. The van der Waals surface area contributed by atoms with Crippen molar-refractivity contribution in [2.45, 2.75) is 25.3 Å². The number of carbonyl (C=O) groups is 4. The Morgan fingerprint density at radius 1 is 1.00 bits per heavy atom. The Hall–Kier alpha value is -3.99. The van der Waals surface area contributed by atoms with Gasteiger partial charge in [-0.25, -0.2) is 13.2 Å². The molecule has 35 heavy (non-hydrogen) atoms. The Kier molecular flexibility index (Phi) is 7.70. The molecule has 3 rings (SSSR count). The Morgan fingerprint density at radius 2 is 1.57 bits per heavy atom. The first-order valence-electron chi connectivity index (χ1n) is 10.5. The number of sulfone groups is 1. The summed E-state index contributed by atoms with van der Waals surface area (Å²) in [7, 11) is -4.42. The number of carbonyl (C=O) groups excluding carboxylic acids is 3. The van der Waals surface area contributed by atoms with E-state index in [-0.39, 0.29) is 11.1 Å². The molecule has 1 aliphatic heterocycles. The van der Waals surface area contributed by atoms with Gasteiger partial charge in [0.1, 0.15) is 23.2 Å². The number of nitrogens with one attached hydrogen (secondary N) is 1. The highest BCUT2D eigenvalue weighted by molar-refractivity contribution is 7.92. The van der Waals surface area contributed by atoms with Crippen molar-refractivity contribution in [1.82, 2.24) is 10.2 Å². The third kappa shape index (κ3) is 5.75. The van der Waals surface area contributed by atoms with Gasteiger partial charge in [0, 0.05) is 5.56 Å². The first-order valence-corrected chi connectivity index (χ1v) is 12.3. The van der Waals surface area contributed by atoms with Gasteiger partial charge in [-0.15, -0.1) is 0 Å². The van der Waals surface area contributed by atoms with E-state index >= 15 is 0 Å². The summed E-state index contributed by atoms with van der Waals surface area (Å²) in [5.74, 6) is -4.53. The normalized spacial score (nSPS) is 17.2. The van der Waals surface area contributed by atoms with Crippen molar-refractivity contribution in [2.75, 3.05) is 12.4 Å². The van der Waals surface area contributed by atoms with E-state index < -0.39 is 62.9 Å². The van der Waals surface area contributed by atoms with Gasteiger partial charge in [0.05, 0.1) is 0 Å². The highest BCUT2D eigenvalue weighted by Gasteiger charge is 2.58. The van der Waals surface area contributed by atoms with E-state index in [1.54, 1.807) is 48.5 Å². The Labute approximate surface area is 202 Å². The number of benzene rings is 2. The molecule has 2 aromatic rings. The highest BCUT2D eigenvalue weighted by Crippen LogP contribution is 2.32. The number of rotatable bonds is 10. The molecular weight excluding hydrogens is 476 g/mol. The molecular formula is C24H24N2O8S. The number of carboxylic acids is 1. The predicted molar refractivity (Wildman–Crippen MR) is 125 cm³/mol. The fourth-order valence-electron chi connectivity index (χ4n) is 3.62. The minimum atomic E-state index is -4.42. The number of Topliss-reactive ketones (excluding diaryl/α,β-unsaturated/α-hetero) is 1. The third-order valence-electron chi connectivity index (χ3n) is 5.19. The molecule has 1 saturated heterocycles. The minimum absolute atomic E-state index is 0.144. The first-order chi connectivity index (χ1) is 16.5. The Bertz CT molecular complexity index is 1270. The van der Waals surface area contributed by atoms with Crippen molar-refractivity contribution in [2.24, 2.45) is 0 Å². The molecule has 0 saturated carbocycles. The van der Waals surface area contributed by atoms with Gasteiger partial charge >= 0.3 is 5.97 Å². The average molecular weight is 501 g/mol. The summed E-state index contributed by atoms with van der Waals surface area (Å²) < 4.78 is 31.8. The number of β-lactam (4-membered cyclic amide) rings is 1. The van der Waals surface area contributed by atoms with Crippen molar-refractivity contribution in [3.8, 4) is 5.75 Å². The molecule has 11 heteroatoms. The maximum Gasteiger partial charge on any atom is 0.352 e. The number of ether oxygens (including phenoxy) is 1. The van der Waals surface area contributed by atoms with Crippen LogP contribution in [0, 0.1) is 0 Å². The topological polar surface area (TPSA) is 147 Å². The van der Waals surface area contributed by atoms with Crippen LogP contribution in [0.2, 0.25) is 0 Å². The van der Waals surface area contributed by atoms with Crippen molar-refractivity contribution in [3.05, 3.63) is 77.5 Å². The number of nitrogens with zero attached hydrogens (tertiary/aromatic N) is 1. The first kappa shape index (κ1) is 25.6. The summed E-state index contributed by atoms with van der Waals surface area (Å²) >= 11 is 0. The maximum atomic E-state index is 13.3. The van der Waals surface area contributed by atoms with Crippen LogP contribution in [0.3, 0.4) is 0 Å². The average Bonchev–Trinajstić information content (AvgIpc) is 2.81. The lowest BCUT2D eigenvalue weighted by Crippen LogP contribution is -2.73. The molecule has 0 aliphatic carbocycles. The minimum Gasteiger partial charge on any atom is -0.484 e. The van der Waals surface area contributed by atoms with E-state index in [1.807, 2.05) is 0 Å².